The van der Waals surface area contributed by atoms with Gasteiger partial charge in [-0.1, -0.05) is 30.3 Å². The highest BCUT2D eigenvalue weighted by atomic mass is 16.1. The Morgan fingerprint density at radius 2 is 1.94 bits per heavy atom. The van der Waals surface area contributed by atoms with Crippen molar-refractivity contribution in [3.8, 4) is 0 Å². The maximum atomic E-state index is 10.1. The summed E-state index contributed by atoms with van der Waals surface area (Å²) < 4.78 is 0. The zero-order valence-electron chi connectivity index (χ0n) is 10.7. The van der Waals surface area contributed by atoms with Crippen LogP contribution in [-0.4, -0.2) is 18.0 Å². The number of carbonyl (C=O) groups is 1. The molecule has 3 heteroatoms. The van der Waals surface area contributed by atoms with Crippen LogP contribution in [0, 0.1) is 0 Å². The second-order valence-corrected chi connectivity index (χ2v) is 5.10. The van der Waals surface area contributed by atoms with Gasteiger partial charge >= 0.3 is 0 Å². The molecule has 1 saturated heterocycles. The van der Waals surface area contributed by atoms with Gasteiger partial charge in [0, 0.05) is 18.5 Å². The van der Waals surface area contributed by atoms with Crippen LogP contribution >= 0.6 is 0 Å². The molecule has 94 valence electrons. The molecule has 0 bridgehead atoms. The van der Waals surface area contributed by atoms with Crippen molar-refractivity contribution >= 4 is 5.91 Å². The molecule has 1 aromatic rings. The smallest absolute Gasteiger partial charge is 0.220 e. The minimum absolute atomic E-state index is 0.0959. The molecule has 0 spiro atoms. The number of benzene rings is 1. The number of hydrogen-bond acceptors (Lipinski definition) is 2. The van der Waals surface area contributed by atoms with Gasteiger partial charge in [-0.05, 0) is 32.3 Å². The first kappa shape index (κ1) is 13.7. The number of hydrogen-bond donors (Lipinski definition) is 2. The lowest BCUT2D eigenvalue weighted by Crippen LogP contribution is -2.34. The Balaban J connectivity index is 0.000000202. The molecule has 0 saturated carbocycles. The summed E-state index contributed by atoms with van der Waals surface area (Å²) in [4.78, 5) is 10.1. The van der Waals surface area contributed by atoms with E-state index in [9.17, 15) is 4.79 Å². The summed E-state index contributed by atoms with van der Waals surface area (Å²) in [5.41, 5.74) is 7.08. The molecule has 1 fully saturated rings. The third kappa shape index (κ3) is 6.74. The van der Waals surface area contributed by atoms with E-state index in [4.69, 9.17) is 5.73 Å². The van der Waals surface area contributed by atoms with E-state index in [-0.39, 0.29) is 11.4 Å². The average molecular weight is 234 g/mol. The van der Waals surface area contributed by atoms with Gasteiger partial charge in [0.25, 0.3) is 0 Å². The van der Waals surface area contributed by atoms with Gasteiger partial charge in [-0.2, -0.15) is 0 Å². The Bertz CT molecular complexity index is 333. The van der Waals surface area contributed by atoms with Gasteiger partial charge < -0.3 is 11.1 Å². The molecule has 0 radical (unpaired) electrons. The van der Waals surface area contributed by atoms with Crippen molar-refractivity contribution in [2.75, 3.05) is 6.54 Å². The molecule has 0 unspecified atom stereocenters. The van der Waals surface area contributed by atoms with Crippen molar-refractivity contribution in [2.45, 2.75) is 38.6 Å². The summed E-state index contributed by atoms with van der Waals surface area (Å²) in [6, 6.07) is 10.3. The first-order valence-electron chi connectivity index (χ1n) is 6.07. The molecule has 1 aromatic carbocycles. The Morgan fingerprint density at radius 3 is 2.29 bits per heavy atom. The van der Waals surface area contributed by atoms with Gasteiger partial charge in [-0.15, -0.1) is 0 Å². The molecule has 17 heavy (non-hydrogen) atoms. The molecule has 0 aliphatic carbocycles. The number of nitrogens with one attached hydrogen (secondary N) is 1. The number of nitrogens with two attached hydrogens (primary N) is 1. The lowest BCUT2D eigenvalue weighted by Gasteiger charge is -2.17. The summed E-state index contributed by atoms with van der Waals surface area (Å²) in [6.45, 7) is 4.97. The fraction of sp³-hybridized carbons (Fsp3) is 0.500. The number of carbonyl (C=O) groups excluding carboxylic acids is 1. The van der Waals surface area contributed by atoms with Crippen molar-refractivity contribution < 1.29 is 4.79 Å². The Hall–Kier alpha value is -1.35. The zero-order chi connectivity index (χ0) is 12.7. The average Bonchev–Trinajstić information content (AvgIpc) is 2.69. The number of amides is 1. The highest BCUT2D eigenvalue weighted by molar-refractivity contribution is 5.77. The summed E-state index contributed by atoms with van der Waals surface area (Å²) in [5.74, 6) is 0.204. The standard InChI is InChI=1S/C10H15N.C4H7NO/c1-10(2,11)8-9-6-4-3-5-7-9;6-4-2-1-3-5-4/h3-7H,8,11H2,1-2H3;1-3H2,(H,5,6). The van der Waals surface area contributed by atoms with Crippen LogP contribution in [0.4, 0.5) is 0 Å². The van der Waals surface area contributed by atoms with E-state index in [1.807, 2.05) is 32.0 Å². The van der Waals surface area contributed by atoms with Crippen LogP contribution in [-0.2, 0) is 11.2 Å². The van der Waals surface area contributed by atoms with Gasteiger partial charge in [-0.3, -0.25) is 4.79 Å². The molecule has 0 atom stereocenters. The van der Waals surface area contributed by atoms with E-state index in [0.717, 1.165) is 25.8 Å². The summed E-state index contributed by atoms with van der Waals surface area (Å²) in [6.07, 6.45) is 2.70. The molecule has 3 N–H and O–H groups in total. The zero-order valence-corrected chi connectivity index (χ0v) is 10.7. The summed E-state index contributed by atoms with van der Waals surface area (Å²) >= 11 is 0. The van der Waals surface area contributed by atoms with Crippen LogP contribution in [0.25, 0.3) is 0 Å². The van der Waals surface area contributed by atoms with E-state index >= 15 is 0 Å². The van der Waals surface area contributed by atoms with E-state index in [0.29, 0.717) is 0 Å². The normalized spacial score (nSPS) is 14.9. The molecule has 2 rings (SSSR count). The highest BCUT2D eigenvalue weighted by Crippen LogP contribution is 2.08. The van der Waals surface area contributed by atoms with Gasteiger partial charge in [0.1, 0.15) is 0 Å². The van der Waals surface area contributed by atoms with Crippen molar-refractivity contribution in [3.05, 3.63) is 35.9 Å². The van der Waals surface area contributed by atoms with Crippen molar-refractivity contribution in [1.82, 2.24) is 5.32 Å². The molecule has 1 aliphatic rings. The van der Waals surface area contributed by atoms with Crippen LogP contribution in [0.3, 0.4) is 0 Å². The minimum Gasteiger partial charge on any atom is -0.356 e. The molecule has 1 heterocycles. The topological polar surface area (TPSA) is 55.1 Å². The van der Waals surface area contributed by atoms with Gasteiger partial charge in [0.15, 0.2) is 0 Å². The maximum Gasteiger partial charge on any atom is 0.220 e. The quantitative estimate of drug-likeness (QED) is 0.820. The first-order valence-corrected chi connectivity index (χ1v) is 6.07. The molecular weight excluding hydrogens is 212 g/mol. The second-order valence-electron chi connectivity index (χ2n) is 5.10. The minimum atomic E-state index is -0.0959. The van der Waals surface area contributed by atoms with Crippen LogP contribution in [0.5, 0.6) is 0 Å². The Morgan fingerprint density at radius 1 is 1.29 bits per heavy atom. The SMILES string of the molecule is CC(C)(N)Cc1ccccc1.O=C1CCCN1. The lowest BCUT2D eigenvalue weighted by atomic mass is 9.96. The van der Waals surface area contributed by atoms with Crippen LogP contribution in [0.1, 0.15) is 32.3 Å². The second kappa shape index (κ2) is 6.40. The van der Waals surface area contributed by atoms with Crippen LogP contribution in [0.2, 0.25) is 0 Å². The third-order valence-corrected chi connectivity index (χ3v) is 2.41. The molecule has 1 amide bonds. The summed E-state index contributed by atoms with van der Waals surface area (Å²) in [7, 11) is 0. The third-order valence-electron chi connectivity index (χ3n) is 2.41. The monoisotopic (exact) mass is 234 g/mol. The fourth-order valence-electron chi connectivity index (χ4n) is 1.69. The summed E-state index contributed by atoms with van der Waals surface area (Å²) in [5, 5.41) is 2.68. The van der Waals surface area contributed by atoms with Crippen LogP contribution < -0.4 is 11.1 Å². The molecule has 3 nitrogen and oxygen atoms in total. The Kier molecular flexibility index (Phi) is 5.16. The van der Waals surface area contributed by atoms with Crippen LogP contribution in [0.15, 0.2) is 30.3 Å². The predicted molar refractivity (Wildman–Crippen MR) is 70.7 cm³/mol. The molecule has 0 aromatic heterocycles. The predicted octanol–water partition coefficient (Wildman–Crippen LogP) is 1.86. The Labute approximate surface area is 103 Å². The first-order chi connectivity index (χ1) is 7.97. The van der Waals surface area contributed by atoms with Crippen molar-refractivity contribution in [1.29, 1.82) is 0 Å². The maximum absolute atomic E-state index is 10.1. The van der Waals surface area contributed by atoms with Gasteiger partial charge in [-0.25, -0.2) is 0 Å². The lowest BCUT2D eigenvalue weighted by molar-refractivity contribution is -0.119. The molecular formula is C14H22N2O. The van der Waals surface area contributed by atoms with E-state index in [1.165, 1.54) is 5.56 Å². The number of rotatable bonds is 2. The van der Waals surface area contributed by atoms with Crippen molar-refractivity contribution in [3.63, 3.8) is 0 Å². The largest absolute Gasteiger partial charge is 0.356 e. The molecule has 1 aliphatic heterocycles. The van der Waals surface area contributed by atoms with E-state index < -0.39 is 0 Å². The fourth-order valence-corrected chi connectivity index (χ4v) is 1.69. The van der Waals surface area contributed by atoms with E-state index in [2.05, 4.69) is 17.4 Å². The highest BCUT2D eigenvalue weighted by Gasteiger charge is 2.10. The van der Waals surface area contributed by atoms with Gasteiger partial charge in [0.05, 0.1) is 0 Å². The van der Waals surface area contributed by atoms with Crippen molar-refractivity contribution in [2.24, 2.45) is 5.73 Å². The van der Waals surface area contributed by atoms with E-state index in [1.54, 1.807) is 0 Å². The van der Waals surface area contributed by atoms with Gasteiger partial charge in [0.2, 0.25) is 5.91 Å².